The van der Waals surface area contributed by atoms with Gasteiger partial charge in [-0.3, -0.25) is 14.9 Å². The van der Waals surface area contributed by atoms with E-state index in [9.17, 15) is 14.9 Å². The number of nitro benzene ring substituents is 1. The van der Waals surface area contributed by atoms with Crippen molar-refractivity contribution >= 4 is 11.6 Å². The molecule has 0 aliphatic carbocycles. The monoisotopic (exact) mass is 344 g/mol. The van der Waals surface area contributed by atoms with Crippen LogP contribution in [0.25, 0.3) is 0 Å². The van der Waals surface area contributed by atoms with Crippen LogP contribution in [0.1, 0.15) is 34.9 Å². The molecule has 1 fully saturated rings. The van der Waals surface area contributed by atoms with Crippen LogP contribution in [0.3, 0.4) is 0 Å². The summed E-state index contributed by atoms with van der Waals surface area (Å²) in [6, 6.07) is 6.79. The standard InChI is InChI=1S/C16H20N6O3/c23-16(14-11-21(20-19-14)13-6-8-17-9-7-13)18-10-5-12-3-1-2-4-15(12)22(24)25/h1-4,11,13,17H,5-10H2,(H,18,23). The number of rotatable bonds is 6. The van der Waals surface area contributed by atoms with Gasteiger partial charge in [-0.25, -0.2) is 4.68 Å². The number of para-hydroxylation sites is 1. The summed E-state index contributed by atoms with van der Waals surface area (Å²) in [4.78, 5) is 22.7. The lowest BCUT2D eigenvalue weighted by molar-refractivity contribution is -0.385. The molecule has 1 aliphatic heterocycles. The summed E-state index contributed by atoms with van der Waals surface area (Å²) < 4.78 is 1.75. The number of nitrogens with one attached hydrogen (secondary N) is 2. The second-order valence-electron chi connectivity index (χ2n) is 5.96. The molecule has 1 aromatic carbocycles. The highest BCUT2D eigenvalue weighted by Gasteiger charge is 2.19. The fourth-order valence-electron chi connectivity index (χ4n) is 2.93. The molecule has 1 saturated heterocycles. The van der Waals surface area contributed by atoms with E-state index in [0.717, 1.165) is 25.9 Å². The predicted molar refractivity (Wildman–Crippen MR) is 90.3 cm³/mol. The van der Waals surface area contributed by atoms with Gasteiger partial charge in [0.15, 0.2) is 5.69 Å². The third-order valence-corrected chi connectivity index (χ3v) is 4.29. The molecule has 2 heterocycles. The molecule has 0 unspecified atom stereocenters. The highest BCUT2D eigenvalue weighted by Crippen LogP contribution is 2.18. The molecule has 132 valence electrons. The molecule has 2 aromatic rings. The van der Waals surface area contributed by atoms with Gasteiger partial charge in [-0.2, -0.15) is 0 Å². The first-order valence-corrected chi connectivity index (χ1v) is 8.28. The zero-order valence-corrected chi connectivity index (χ0v) is 13.7. The lowest BCUT2D eigenvalue weighted by Gasteiger charge is -2.22. The van der Waals surface area contributed by atoms with Crippen molar-refractivity contribution in [2.45, 2.75) is 25.3 Å². The number of carbonyl (C=O) groups is 1. The molecule has 0 radical (unpaired) electrons. The Balaban J connectivity index is 1.55. The molecule has 0 atom stereocenters. The highest BCUT2D eigenvalue weighted by atomic mass is 16.6. The number of piperidine rings is 1. The minimum Gasteiger partial charge on any atom is -0.350 e. The van der Waals surface area contributed by atoms with E-state index in [4.69, 9.17) is 0 Å². The molecule has 1 amide bonds. The summed E-state index contributed by atoms with van der Waals surface area (Å²) in [6.45, 7) is 2.16. The van der Waals surface area contributed by atoms with E-state index >= 15 is 0 Å². The lowest BCUT2D eigenvalue weighted by atomic mass is 10.1. The van der Waals surface area contributed by atoms with Crippen LogP contribution in [-0.2, 0) is 6.42 Å². The van der Waals surface area contributed by atoms with Crippen molar-refractivity contribution in [3.8, 4) is 0 Å². The average Bonchev–Trinajstić information content (AvgIpc) is 3.13. The molecule has 3 rings (SSSR count). The average molecular weight is 344 g/mol. The Bertz CT molecular complexity index is 754. The third kappa shape index (κ3) is 4.18. The molecule has 0 bridgehead atoms. The summed E-state index contributed by atoms with van der Waals surface area (Å²) in [5.74, 6) is -0.321. The SMILES string of the molecule is O=C(NCCc1ccccc1[N+](=O)[O-])c1cn(C2CCNCC2)nn1. The molecular formula is C16H20N6O3. The fraction of sp³-hybridized carbons (Fsp3) is 0.438. The number of amides is 1. The fourth-order valence-corrected chi connectivity index (χ4v) is 2.93. The summed E-state index contributed by atoms with van der Waals surface area (Å²) in [6.07, 6.45) is 3.96. The van der Waals surface area contributed by atoms with Crippen LogP contribution in [0.2, 0.25) is 0 Å². The van der Waals surface area contributed by atoms with Gasteiger partial charge in [0, 0.05) is 18.2 Å². The van der Waals surface area contributed by atoms with Gasteiger partial charge in [0.2, 0.25) is 0 Å². The minimum absolute atomic E-state index is 0.0635. The molecule has 1 aliphatic rings. The Morgan fingerprint density at radius 2 is 2.12 bits per heavy atom. The third-order valence-electron chi connectivity index (χ3n) is 4.29. The number of nitrogens with zero attached hydrogens (tertiary/aromatic N) is 4. The van der Waals surface area contributed by atoms with Crippen LogP contribution >= 0.6 is 0 Å². The predicted octanol–water partition coefficient (Wildman–Crippen LogP) is 1.08. The van der Waals surface area contributed by atoms with Crippen LogP contribution in [0.5, 0.6) is 0 Å². The maximum absolute atomic E-state index is 12.2. The molecular weight excluding hydrogens is 324 g/mol. The van der Waals surface area contributed by atoms with E-state index in [1.807, 2.05) is 0 Å². The highest BCUT2D eigenvalue weighted by molar-refractivity contribution is 5.91. The first kappa shape index (κ1) is 17.0. The van der Waals surface area contributed by atoms with Crippen molar-refractivity contribution in [2.24, 2.45) is 0 Å². The Labute approximate surface area is 144 Å². The molecule has 25 heavy (non-hydrogen) atoms. The smallest absolute Gasteiger partial charge is 0.273 e. The van der Waals surface area contributed by atoms with Crippen molar-refractivity contribution in [3.05, 3.63) is 51.8 Å². The quantitative estimate of drug-likeness (QED) is 0.598. The first-order chi connectivity index (χ1) is 12.1. The van der Waals surface area contributed by atoms with Crippen LogP contribution in [-0.4, -0.2) is 45.5 Å². The zero-order chi connectivity index (χ0) is 17.6. The molecule has 2 N–H and O–H groups in total. The van der Waals surface area contributed by atoms with E-state index in [0.29, 0.717) is 18.5 Å². The van der Waals surface area contributed by atoms with Gasteiger partial charge in [0.1, 0.15) is 0 Å². The number of nitro groups is 1. The Morgan fingerprint density at radius 3 is 2.88 bits per heavy atom. The van der Waals surface area contributed by atoms with E-state index < -0.39 is 4.92 Å². The van der Waals surface area contributed by atoms with E-state index in [2.05, 4.69) is 20.9 Å². The largest absolute Gasteiger partial charge is 0.350 e. The first-order valence-electron chi connectivity index (χ1n) is 8.28. The number of carbonyl (C=O) groups excluding carboxylic acids is 1. The Hall–Kier alpha value is -2.81. The zero-order valence-electron chi connectivity index (χ0n) is 13.7. The van der Waals surface area contributed by atoms with Crippen LogP contribution in [0, 0.1) is 10.1 Å². The number of hydrogen-bond acceptors (Lipinski definition) is 6. The van der Waals surface area contributed by atoms with Crippen LogP contribution in [0.4, 0.5) is 5.69 Å². The van der Waals surface area contributed by atoms with E-state index in [1.54, 1.807) is 29.1 Å². The maximum atomic E-state index is 12.2. The summed E-state index contributed by atoms with van der Waals surface area (Å²) in [5, 5.41) is 25.0. The summed E-state index contributed by atoms with van der Waals surface area (Å²) in [5.41, 5.74) is 0.917. The molecule has 9 nitrogen and oxygen atoms in total. The van der Waals surface area contributed by atoms with Crippen molar-refractivity contribution in [1.82, 2.24) is 25.6 Å². The number of aromatic nitrogens is 3. The van der Waals surface area contributed by atoms with Gasteiger partial charge in [-0.1, -0.05) is 23.4 Å². The van der Waals surface area contributed by atoms with Gasteiger partial charge in [0.25, 0.3) is 11.6 Å². The minimum atomic E-state index is -0.415. The lowest BCUT2D eigenvalue weighted by Crippen LogP contribution is -2.29. The van der Waals surface area contributed by atoms with Gasteiger partial charge >= 0.3 is 0 Å². The van der Waals surface area contributed by atoms with Crippen molar-refractivity contribution in [3.63, 3.8) is 0 Å². The molecule has 1 aromatic heterocycles. The van der Waals surface area contributed by atoms with Crippen LogP contribution in [0.15, 0.2) is 30.5 Å². The number of hydrogen-bond donors (Lipinski definition) is 2. The molecule has 9 heteroatoms. The van der Waals surface area contributed by atoms with Crippen molar-refractivity contribution in [2.75, 3.05) is 19.6 Å². The van der Waals surface area contributed by atoms with Gasteiger partial charge in [-0.05, 0) is 32.4 Å². The summed E-state index contributed by atoms with van der Waals surface area (Å²) >= 11 is 0. The topological polar surface area (TPSA) is 115 Å². The van der Waals surface area contributed by atoms with E-state index in [-0.39, 0.29) is 23.3 Å². The van der Waals surface area contributed by atoms with Gasteiger partial charge in [-0.15, -0.1) is 5.10 Å². The molecule has 0 spiro atoms. The van der Waals surface area contributed by atoms with Crippen LogP contribution < -0.4 is 10.6 Å². The Kier molecular flexibility index (Phi) is 5.34. The van der Waals surface area contributed by atoms with Crippen molar-refractivity contribution in [1.29, 1.82) is 0 Å². The van der Waals surface area contributed by atoms with Crippen molar-refractivity contribution < 1.29 is 9.72 Å². The normalized spacial score (nSPS) is 15.0. The second-order valence-corrected chi connectivity index (χ2v) is 5.96. The summed E-state index contributed by atoms with van der Waals surface area (Å²) in [7, 11) is 0. The van der Waals surface area contributed by atoms with E-state index in [1.165, 1.54) is 6.07 Å². The second kappa shape index (κ2) is 7.84. The number of benzene rings is 1. The van der Waals surface area contributed by atoms with Gasteiger partial charge < -0.3 is 10.6 Å². The molecule has 0 saturated carbocycles. The van der Waals surface area contributed by atoms with Gasteiger partial charge in [0.05, 0.1) is 17.2 Å². The maximum Gasteiger partial charge on any atom is 0.273 e. The Morgan fingerprint density at radius 1 is 1.36 bits per heavy atom.